The van der Waals surface area contributed by atoms with Gasteiger partial charge in [0, 0.05) is 17.1 Å². The molecule has 2 amide bonds. The smallest absolute Gasteiger partial charge is 0.294 e. The maximum absolute atomic E-state index is 13.1. The molecule has 140 valence electrons. The van der Waals surface area contributed by atoms with Gasteiger partial charge in [-0.05, 0) is 57.7 Å². The van der Waals surface area contributed by atoms with Crippen LogP contribution < -0.4 is 15.6 Å². The Kier molecular flexibility index (Phi) is 4.75. The number of nitrogens with zero attached hydrogens (tertiary/aromatic N) is 3. The highest BCUT2D eigenvalue weighted by molar-refractivity contribution is 6.05. The van der Waals surface area contributed by atoms with Crippen molar-refractivity contribution in [1.82, 2.24) is 14.9 Å². The predicted molar refractivity (Wildman–Crippen MR) is 104 cm³/mol. The van der Waals surface area contributed by atoms with Gasteiger partial charge in [-0.15, -0.1) is 0 Å². The number of hydrogen-bond acceptors (Lipinski definition) is 4. The highest BCUT2D eigenvalue weighted by Crippen LogP contribution is 2.24. The van der Waals surface area contributed by atoms with E-state index in [9.17, 15) is 4.79 Å². The Morgan fingerprint density at radius 3 is 2.56 bits per heavy atom. The molecule has 2 aliphatic rings. The fraction of sp³-hybridized carbons (Fsp3) is 0.400. The molecule has 2 heterocycles. The molecular formula is C20H25N6O+. The molecule has 7 heteroatoms. The first kappa shape index (κ1) is 17.5. The van der Waals surface area contributed by atoms with Gasteiger partial charge in [0.15, 0.2) is 0 Å². The van der Waals surface area contributed by atoms with E-state index in [2.05, 4.69) is 25.6 Å². The minimum atomic E-state index is -0.144. The zero-order chi connectivity index (χ0) is 18.8. The molecule has 0 radical (unpaired) electrons. The molecule has 1 fully saturated rings. The molecule has 2 aromatic rings. The van der Waals surface area contributed by atoms with Crippen molar-refractivity contribution < 1.29 is 9.79 Å². The summed E-state index contributed by atoms with van der Waals surface area (Å²) in [4.78, 5) is 27.3. The minimum absolute atomic E-state index is 0.135. The van der Waals surface area contributed by atoms with Gasteiger partial charge in [-0.2, -0.15) is 4.90 Å². The minimum Gasteiger partial charge on any atom is -0.294 e. The number of rotatable bonds is 2. The van der Waals surface area contributed by atoms with Crippen molar-refractivity contribution in [2.75, 3.05) is 10.6 Å². The summed E-state index contributed by atoms with van der Waals surface area (Å²) in [6, 6.07) is 11.7. The average molecular weight is 365 g/mol. The van der Waals surface area contributed by atoms with Crippen molar-refractivity contribution in [2.24, 2.45) is 0 Å². The molecule has 0 saturated heterocycles. The molecule has 27 heavy (non-hydrogen) atoms. The van der Waals surface area contributed by atoms with Crippen LogP contribution in [0.3, 0.4) is 0 Å². The van der Waals surface area contributed by atoms with Crippen molar-refractivity contribution in [3.63, 3.8) is 0 Å². The number of amides is 2. The lowest BCUT2D eigenvalue weighted by Gasteiger charge is -2.26. The summed E-state index contributed by atoms with van der Waals surface area (Å²) in [7, 11) is 0. The van der Waals surface area contributed by atoms with Crippen LogP contribution in [-0.4, -0.2) is 38.9 Å². The Labute approximate surface area is 158 Å². The number of para-hydroxylation sites is 1. The van der Waals surface area contributed by atoms with Crippen LogP contribution in [-0.2, 0) is 0 Å². The molecule has 0 unspecified atom stereocenters. The number of carbonyl (C=O) groups excluding carboxylic acids is 1. The first-order chi connectivity index (χ1) is 13.1. The van der Waals surface area contributed by atoms with Crippen LogP contribution >= 0.6 is 0 Å². The van der Waals surface area contributed by atoms with E-state index in [1.54, 1.807) is 4.90 Å². The number of hydrogen-bond donors (Lipinski definition) is 3. The fourth-order valence-corrected chi connectivity index (χ4v) is 3.94. The van der Waals surface area contributed by atoms with Gasteiger partial charge in [0.25, 0.3) is 5.95 Å². The van der Waals surface area contributed by atoms with Gasteiger partial charge in [-0.25, -0.2) is 20.1 Å². The Morgan fingerprint density at radius 1 is 1.11 bits per heavy atom. The largest absolute Gasteiger partial charge is 0.386 e. The van der Waals surface area contributed by atoms with Crippen LogP contribution in [0, 0.1) is 13.8 Å². The monoisotopic (exact) mass is 365 g/mol. The predicted octanol–water partition coefficient (Wildman–Crippen LogP) is 1.80. The number of aryl methyl sites for hydroxylation is 2. The van der Waals surface area contributed by atoms with E-state index in [-0.39, 0.29) is 18.1 Å². The molecule has 1 saturated carbocycles. The Balaban J connectivity index is 1.59. The van der Waals surface area contributed by atoms with E-state index >= 15 is 0 Å². The second kappa shape index (κ2) is 7.34. The molecule has 1 aromatic carbocycles. The van der Waals surface area contributed by atoms with Crippen molar-refractivity contribution >= 4 is 23.6 Å². The molecule has 1 aromatic heterocycles. The highest BCUT2D eigenvalue weighted by atomic mass is 16.2. The van der Waals surface area contributed by atoms with E-state index in [1.165, 1.54) is 6.42 Å². The number of urea groups is 1. The number of fused-ring (bicyclic) bond motifs is 1. The van der Waals surface area contributed by atoms with Crippen molar-refractivity contribution in [1.29, 1.82) is 0 Å². The summed E-state index contributed by atoms with van der Waals surface area (Å²) in [5.74, 6) is 1.16. The van der Waals surface area contributed by atoms with Crippen LogP contribution in [0.4, 0.5) is 16.4 Å². The van der Waals surface area contributed by atoms with E-state index in [0.29, 0.717) is 11.9 Å². The Bertz CT molecular complexity index is 846. The molecule has 3 N–H and O–H groups in total. The summed E-state index contributed by atoms with van der Waals surface area (Å²) in [6.45, 7) is 3.87. The van der Waals surface area contributed by atoms with Crippen molar-refractivity contribution in [3.05, 3.63) is 47.8 Å². The SMILES string of the molecule is Cc1cc(C)nc(NC2=[NH+][C@H]3CCCC[C@@H]3N2C(=O)Nc2ccccc2)n1. The van der Waals surface area contributed by atoms with Crippen molar-refractivity contribution in [2.45, 2.75) is 51.6 Å². The van der Waals surface area contributed by atoms with E-state index < -0.39 is 0 Å². The van der Waals surface area contributed by atoms with Gasteiger partial charge in [0.05, 0.1) is 0 Å². The molecule has 2 atom stereocenters. The lowest BCUT2D eigenvalue weighted by Crippen LogP contribution is -2.79. The summed E-state index contributed by atoms with van der Waals surface area (Å²) >= 11 is 0. The zero-order valence-electron chi connectivity index (χ0n) is 15.7. The van der Waals surface area contributed by atoms with Gasteiger partial charge in [0.2, 0.25) is 0 Å². The third-order valence-corrected chi connectivity index (χ3v) is 5.08. The number of anilines is 2. The Morgan fingerprint density at radius 2 is 1.81 bits per heavy atom. The second-order valence-corrected chi connectivity index (χ2v) is 7.22. The number of aromatic nitrogens is 2. The lowest BCUT2D eigenvalue weighted by atomic mass is 9.91. The third-order valence-electron chi connectivity index (χ3n) is 5.08. The molecule has 0 spiro atoms. The molecule has 7 nitrogen and oxygen atoms in total. The average Bonchev–Trinajstić information content (AvgIpc) is 2.99. The summed E-state index contributed by atoms with van der Waals surface area (Å²) in [5.41, 5.74) is 2.56. The van der Waals surface area contributed by atoms with Gasteiger partial charge < -0.3 is 0 Å². The first-order valence-electron chi connectivity index (χ1n) is 9.48. The van der Waals surface area contributed by atoms with Gasteiger partial charge in [-0.3, -0.25) is 10.3 Å². The molecule has 0 bridgehead atoms. The van der Waals surface area contributed by atoms with Gasteiger partial charge >= 0.3 is 12.0 Å². The standard InChI is InChI=1S/C20H24N6O/c1-13-12-14(2)22-18(21-13)25-19-24-16-10-6-7-11-17(16)26(19)20(27)23-15-8-4-3-5-9-15/h3-5,8-9,12,16-17H,6-7,10-11H2,1-2H3,(H,23,27)(H,21,22,24,25)/p+1/t16-,17-/m0/s1. The fourth-order valence-electron chi connectivity index (χ4n) is 3.94. The summed E-state index contributed by atoms with van der Waals surface area (Å²) in [6.07, 6.45) is 4.35. The van der Waals surface area contributed by atoms with E-state index in [4.69, 9.17) is 0 Å². The van der Waals surface area contributed by atoms with E-state index in [1.807, 2.05) is 50.2 Å². The quantitative estimate of drug-likeness (QED) is 0.758. The maximum atomic E-state index is 13.1. The number of carbonyl (C=O) groups is 1. The number of nitrogens with one attached hydrogen (secondary N) is 3. The normalized spacial score (nSPS) is 21.4. The topological polar surface area (TPSA) is 84.1 Å². The third kappa shape index (κ3) is 3.77. The first-order valence-corrected chi connectivity index (χ1v) is 9.48. The molecule has 1 aliphatic carbocycles. The molecule has 4 rings (SSSR count). The van der Waals surface area contributed by atoms with Crippen LogP contribution in [0.25, 0.3) is 0 Å². The van der Waals surface area contributed by atoms with Crippen molar-refractivity contribution in [3.8, 4) is 0 Å². The van der Waals surface area contributed by atoms with Crippen LogP contribution in [0.15, 0.2) is 36.4 Å². The number of guanidine groups is 1. The summed E-state index contributed by atoms with van der Waals surface area (Å²) in [5, 5.41) is 6.24. The van der Waals surface area contributed by atoms with Gasteiger partial charge in [0.1, 0.15) is 12.1 Å². The zero-order valence-corrected chi connectivity index (χ0v) is 15.7. The molecular weight excluding hydrogens is 340 g/mol. The summed E-state index contributed by atoms with van der Waals surface area (Å²) < 4.78 is 0. The highest BCUT2D eigenvalue weighted by Gasteiger charge is 2.47. The maximum Gasteiger partial charge on any atom is 0.386 e. The number of benzene rings is 1. The lowest BCUT2D eigenvalue weighted by molar-refractivity contribution is -0.498. The van der Waals surface area contributed by atoms with Gasteiger partial charge in [-0.1, -0.05) is 18.2 Å². The van der Waals surface area contributed by atoms with Crippen LogP contribution in [0.2, 0.25) is 0 Å². The molecule has 1 aliphatic heterocycles. The van der Waals surface area contributed by atoms with Crippen LogP contribution in [0.5, 0.6) is 0 Å². The second-order valence-electron chi connectivity index (χ2n) is 7.22. The Hall–Kier alpha value is -2.96. The van der Waals surface area contributed by atoms with E-state index in [0.717, 1.165) is 36.3 Å². The van der Waals surface area contributed by atoms with Crippen LogP contribution in [0.1, 0.15) is 37.1 Å².